The maximum Gasteiger partial charge on any atom is 0.120 e. The van der Waals surface area contributed by atoms with Crippen LogP contribution in [0.1, 0.15) is 18.9 Å². The van der Waals surface area contributed by atoms with Gasteiger partial charge in [0, 0.05) is 31.1 Å². The van der Waals surface area contributed by atoms with Gasteiger partial charge in [-0.2, -0.15) is 0 Å². The van der Waals surface area contributed by atoms with Crippen LogP contribution in [0.15, 0.2) is 48.5 Å². The van der Waals surface area contributed by atoms with Crippen LogP contribution in [0.3, 0.4) is 0 Å². The molecule has 1 aliphatic rings. The van der Waals surface area contributed by atoms with E-state index in [0.29, 0.717) is 6.61 Å². The molecule has 128 valence electrons. The van der Waals surface area contributed by atoms with E-state index in [1.54, 1.807) is 0 Å². The molecule has 1 heterocycles. The molecule has 0 aliphatic carbocycles. The summed E-state index contributed by atoms with van der Waals surface area (Å²) in [5.74, 6) is 1.81. The molecule has 0 N–H and O–H groups in total. The summed E-state index contributed by atoms with van der Waals surface area (Å²) < 4.78 is 12.0. The third-order valence-corrected chi connectivity index (χ3v) is 4.61. The zero-order valence-electron chi connectivity index (χ0n) is 14.3. The molecule has 1 aliphatic heterocycles. The third kappa shape index (κ3) is 4.65. The number of rotatable bonds is 6. The molecule has 0 aromatic heterocycles. The fourth-order valence-electron chi connectivity index (χ4n) is 3.08. The van der Waals surface area contributed by atoms with Gasteiger partial charge in [-0.3, -0.25) is 4.90 Å². The molecule has 2 aromatic rings. The molecule has 0 radical (unpaired) electrons. The number of nitrogens with zero attached hydrogens (tertiary/aromatic N) is 1. The van der Waals surface area contributed by atoms with E-state index in [2.05, 4.69) is 30.9 Å². The van der Waals surface area contributed by atoms with E-state index in [1.807, 2.05) is 36.4 Å². The van der Waals surface area contributed by atoms with Gasteiger partial charge < -0.3 is 9.47 Å². The predicted octanol–water partition coefficient (Wildman–Crippen LogP) is 4.57. The molecule has 0 saturated carbocycles. The summed E-state index contributed by atoms with van der Waals surface area (Å²) in [6.07, 6.45) is 1.01. The highest BCUT2D eigenvalue weighted by atomic mass is 35.5. The van der Waals surface area contributed by atoms with Gasteiger partial charge in [0.1, 0.15) is 23.7 Å². The van der Waals surface area contributed by atoms with Crippen molar-refractivity contribution in [2.45, 2.75) is 25.9 Å². The van der Waals surface area contributed by atoms with Crippen molar-refractivity contribution in [3.05, 3.63) is 59.1 Å². The molecule has 1 atom stereocenters. The van der Waals surface area contributed by atoms with Gasteiger partial charge in [0.15, 0.2) is 0 Å². The SMILES string of the molecule is Cc1cccc(OCCN2CCC(C)(Oc3ccc(Cl)cc3)C2)c1. The molecule has 0 spiro atoms. The van der Waals surface area contributed by atoms with E-state index in [1.165, 1.54) is 5.56 Å². The Kier molecular flexibility index (Phi) is 5.32. The van der Waals surface area contributed by atoms with Gasteiger partial charge in [0.2, 0.25) is 0 Å². The lowest BCUT2D eigenvalue weighted by molar-refractivity contribution is 0.0935. The van der Waals surface area contributed by atoms with Crippen LogP contribution in [0.25, 0.3) is 0 Å². The lowest BCUT2D eigenvalue weighted by atomic mass is 10.1. The summed E-state index contributed by atoms with van der Waals surface area (Å²) in [6.45, 7) is 7.79. The maximum absolute atomic E-state index is 6.19. The zero-order chi connectivity index (χ0) is 17.0. The molecule has 3 nitrogen and oxygen atoms in total. The molecule has 1 unspecified atom stereocenters. The molecule has 4 heteroatoms. The first kappa shape index (κ1) is 17.1. The average Bonchev–Trinajstić information content (AvgIpc) is 2.91. The molecule has 0 bridgehead atoms. The molecule has 2 aromatic carbocycles. The minimum atomic E-state index is -0.156. The van der Waals surface area contributed by atoms with Gasteiger partial charge >= 0.3 is 0 Å². The van der Waals surface area contributed by atoms with Crippen LogP contribution < -0.4 is 9.47 Å². The van der Waals surface area contributed by atoms with Gasteiger partial charge in [-0.05, 0) is 55.8 Å². The van der Waals surface area contributed by atoms with Gasteiger partial charge in [0.05, 0.1) is 0 Å². The van der Waals surface area contributed by atoms with Gasteiger partial charge in [-0.15, -0.1) is 0 Å². The van der Waals surface area contributed by atoms with Crippen molar-refractivity contribution in [3.8, 4) is 11.5 Å². The van der Waals surface area contributed by atoms with Crippen molar-refractivity contribution in [2.24, 2.45) is 0 Å². The Hall–Kier alpha value is -1.71. The quantitative estimate of drug-likeness (QED) is 0.765. The Bertz CT molecular complexity index is 674. The number of hydrogen-bond acceptors (Lipinski definition) is 3. The Morgan fingerprint density at radius 2 is 1.92 bits per heavy atom. The second-order valence-electron chi connectivity index (χ2n) is 6.70. The van der Waals surface area contributed by atoms with Gasteiger partial charge in [-0.25, -0.2) is 0 Å². The zero-order valence-corrected chi connectivity index (χ0v) is 15.1. The predicted molar refractivity (Wildman–Crippen MR) is 98.2 cm³/mol. The first-order valence-electron chi connectivity index (χ1n) is 8.39. The van der Waals surface area contributed by atoms with E-state index >= 15 is 0 Å². The molecular formula is C20H24ClNO2. The van der Waals surface area contributed by atoms with Crippen LogP contribution in [-0.2, 0) is 0 Å². The number of ether oxygens (including phenoxy) is 2. The number of benzene rings is 2. The summed E-state index contributed by atoms with van der Waals surface area (Å²) in [4.78, 5) is 2.39. The first-order valence-corrected chi connectivity index (χ1v) is 8.77. The Morgan fingerprint density at radius 3 is 2.67 bits per heavy atom. The molecular weight excluding hydrogens is 322 g/mol. The molecule has 1 saturated heterocycles. The van der Waals surface area contributed by atoms with Crippen molar-refractivity contribution < 1.29 is 9.47 Å². The monoisotopic (exact) mass is 345 g/mol. The lowest BCUT2D eigenvalue weighted by Gasteiger charge is -2.26. The summed E-state index contributed by atoms with van der Waals surface area (Å²) in [5, 5.41) is 0.730. The topological polar surface area (TPSA) is 21.7 Å². The second-order valence-corrected chi connectivity index (χ2v) is 7.13. The lowest BCUT2D eigenvalue weighted by Crippen LogP contribution is -2.37. The molecule has 1 fully saturated rings. The minimum Gasteiger partial charge on any atom is -0.492 e. The van der Waals surface area contributed by atoms with E-state index in [-0.39, 0.29) is 5.60 Å². The van der Waals surface area contributed by atoms with E-state index in [9.17, 15) is 0 Å². The van der Waals surface area contributed by atoms with Crippen LogP contribution >= 0.6 is 11.6 Å². The van der Waals surface area contributed by atoms with Gasteiger partial charge in [0.25, 0.3) is 0 Å². The van der Waals surface area contributed by atoms with Crippen molar-refractivity contribution >= 4 is 11.6 Å². The number of hydrogen-bond donors (Lipinski definition) is 0. The fraction of sp³-hybridized carbons (Fsp3) is 0.400. The normalized spacial score (nSPS) is 21.0. The first-order chi connectivity index (χ1) is 11.5. The van der Waals surface area contributed by atoms with Crippen LogP contribution in [0.5, 0.6) is 11.5 Å². The van der Waals surface area contributed by atoms with Crippen molar-refractivity contribution in [3.63, 3.8) is 0 Å². The average molecular weight is 346 g/mol. The van der Waals surface area contributed by atoms with Crippen molar-refractivity contribution in [1.82, 2.24) is 4.90 Å². The maximum atomic E-state index is 6.19. The molecule has 3 rings (SSSR count). The Labute approximate surface area is 149 Å². The van der Waals surface area contributed by atoms with Gasteiger partial charge in [-0.1, -0.05) is 23.7 Å². The van der Waals surface area contributed by atoms with E-state index in [4.69, 9.17) is 21.1 Å². The smallest absolute Gasteiger partial charge is 0.120 e. The summed E-state index contributed by atoms with van der Waals surface area (Å²) >= 11 is 5.93. The number of likely N-dealkylation sites (tertiary alicyclic amines) is 1. The van der Waals surface area contributed by atoms with Crippen LogP contribution in [0.2, 0.25) is 5.02 Å². The number of aryl methyl sites for hydroxylation is 1. The largest absolute Gasteiger partial charge is 0.492 e. The summed E-state index contributed by atoms with van der Waals surface area (Å²) in [5.41, 5.74) is 1.06. The highest BCUT2D eigenvalue weighted by Crippen LogP contribution is 2.28. The Balaban J connectivity index is 1.47. The highest BCUT2D eigenvalue weighted by Gasteiger charge is 2.35. The van der Waals surface area contributed by atoms with Crippen LogP contribution in [0.4, 0.5) is 0 Å². The van der Waals surface area contributed by atoms with Crippen LogP contribution in [0, 0.1) is 6.92 Å². The van der Waals surface area contributed by atoms with E-state index in [0.717, 1.165) is 42.6 Å². The van der Waals surface area contributed by atoms with E-state index < -0.39 is 0 Å². The molecule has 0 amide bonds. The molecule has 24 heavy (non-hydrogen) atoms. The number of halogens is 1. The van der Waals surface area contributed by atoms with Crippen molar-refractivity contribution in [1.29, 1.82) is 0 Å². The third-order valence-electron chi connectivity index (χ3n) is 4.36. The van der Waals surface area contributed by atoms with Crippen molar-refractivity contribution in [2.75, 3.05) is 26.2 Å². The standard InChI is InChI=1S/C20H24ClNO2/c1-16-4-3-5-19(14-16)23-13-12-22-11-10-20(2,15-22)24-18-8-6-17(21)7-9-18/h3-9,14H,10-13,15H2,1-2H3. The second kappa shape index (κ2) is 7.45. The summed E-state index contributed by atoms with van der Waals surface area (Å²) in [6, 6.07) is 15.8. The Morgan fingerprint density at radius 1 is 1.12 bits per heavy atom. The fourth-order valence-corrected chi connectivity index (χ4v) is 3.21. The minimum absolute atomic E-state index is 0.156. The summed E-state index contributed by atoms with van der Waals surface area (Å²) in [7, 11) is 0. The highest BCUT2D eigenvalue weighted by molar-refractivity contribution is 6.30. The van der Waals surface area contributed by atoms with Crippen LogP contribution in [-0.4, -0.2) is 36.7 Å².